The Kier molecular flexibility index (Phi) is 8.38. The summed E-state index contributed by atoms with van der Waals surface area (Å²) in [4.78, 5) is 13.2. The lowest BCUT2D eigenvalue weighted by Crippen LogP contribution is -2.30. The Hall–Kier alpha value is -4.07. The maximum atomic E-state index is 13.2. The van der Waals surface area contributed by atoms with Gasteiger partial charge in [-0.05, 0) is 47.5 Å². The van der Waals surface area contributed by atoms with Gasteiger partial charge < -0.3 is 10.6 Å². The van der Waals surface area contributed by atoms with Gasteiger partial charge >= 0.3 is 0 Å². The first kappa shape index (κ1) is 25.6. The molecule has 0 atom stereocenters. The number of carbonyl (C=O) groups excluding carboxylic acids is 1. The van der Waals surface area contributed by atoms with E-state index in [2.05, 4.69) is 20.8 Å². The fraction of sp³-hybridized carbons (Fsp3) is 0.100. The first-order chi connectivity index (χ1) is 18.7. The van der Waals surface area contributed by atoms with E-state index in [1.54, 1.807) is 0 Å². The fourth-order valence-corrected chi connectivity index (χ4v) is 4.98. The highest BCUT2D eigenvalue weighted by Crippen LogP contribution is 2.25. The molecule has 1 amide bonds. The van der Waals surface area contributed by atoms with Crippen molar-refractivity contribution in [3.05, 3.63) is 137 Å². The number of hydrogen-bond acceptors (Lipinski definition) is 5. The summed E-state index contributed by atoms with van der Waals surface area (Å²) in [5.41, 5.74) is 3.92. The number of nitrogens with one attached hydrogen (secondary N) is 2. The number of hydrogen-bond donors (Lipinski definition) is 2. The Labute approximate surface area is 231 Å². The molecule has 1 aromatic heterocycles. The number of anilines is 1. The van der Waals surface area contributed by atoms with E-state index in [-0.39, 0.29) is 17.7 Å². The number of benzene rings is 4. The summed E-state index contributed by atoms with van der Waals surface area (Å²) < 4.78 is 1.98. The average Bonchev–Trinajstić information content (AvgIpc) is 3.38. The largest absolute Gasteiger partial charge is 0.378 e. The molecule has 4 aromatic carbocycles. The Morgan fingerprint density at radius 1 is 0.789 bits per heavy atom. The van der Waals surface area contributed by atoms with Crippen LogP contribution in [-0.4, -0.2) is 26.4 Å². The molecule has 5 aromatic rings. The maximum absolute atomic E-state index is 13.2. The molecule has 0 radical (unpaired) electrons. The summed E-state index contributed by atoms with van der Waals surface area (Å²) in [5, 5.41) is 16.7. The number of halogens is 1. The minimum atomic E-state index is -0.239. The van der Waals surface area contributed by atoms with E-state index in [9.17, 15) is 4.79 Å². The Morgan fingerprint density at radius 2 is 1.37 bits per heavy atom. The van der Waals surface area contributed by atoms with Crippen molar-refractivity contribution in [3.8, 4) is 5.69 Å². The molecule has 0 saturated carbocycles. The monoisotopic (exact) mass is 539 g/mol. The van der Waals surface area contributed by atoms with Crippen molar-refractivity contribution in [2.24, 2.45) is 0 Å². The Bertz CT molecular complexity index is 1420. The van der Waals surface area contributed by atoms with Crippen molar-refractivity contribution >= 4 is 35.0 Å². The van der Waals surface area contributed by atoms with Gasteiger partial charge in [0.05, 0.1) is 18.3 Å². The third kappa shape index (κ3) is 6.43. The zero-order chi connectivity index (χ0) is 26.2. The molecule has 38 heavy (non-hydrogen) atoms. The zero-order valence-electron chi connectivity index (χ0n) is 20.5. The van der Waals surface area contributed by atoms with E-state index in [0.29, 0.717) is 16.7 Å². The topological polar surface area (TPSA) is 71.8 Å². The minimum absolute atomic E-state index is 0.0869. The molecule has 1 heterocycles. The predicted octanol–water partition coefficient (Wildman–Crippen LogP) is 6.53. The van der Waals surface area contributed by atoms with Gasteiger partial charge in [-0.3, -0.25) is 9.36 Å². The molecule has 5 rings (SSSR count). The lowest BCUT2D eigenvalue weighted by molar-refractivity contribution is -0.119. The summed E-state index contributed by atoms with van der Waals surface area (Å²) >= 11 is 7.37. The first-order valence-electron chi connectivity index (χ1n) is 12.2. The SMILES string of the molecule is O=C(CSc1nnc(CNc2ccc(Cl)cc2)n1-c1ccccc1)NC(c1ccccc1)c1ccccc1. The fourth-order valence-electron chi connectivity index (χ4n) is 4.08. The Morgan fingerprint density at radius 3 is 1.97 bits per heavy atom. The standard InChI is InChI=1S/C30H26ClN5OS/c31-24-16-18-25(19-17-24)32-20-27-34-35-30(36(27)26-14-8-3-9-15-26)38-21-28(37)33-29(22-10-4-1-5-11-22)23-12-6-2-7-13-23/h1-19,29,32H,20-21H2,(H,33,37). The molecule has 0 aliphatic carbocycles. The Balaban J connectivity index is 1.32. The van der Waals surface area contributed by atoms with E-state index in [1.165, 1.54) is 11.8 Å². The van der Waals surface area contributed by atoms with Crippen molar-refractivity contribution in [2.45, 2.75) is 17.7 Å². The van der Waals surface area contributed by atoms with Crippen LogP contribution in [0.25, 0.3) is 5.69 Å². The molecule has 0 aliphatic rings. The number of thioether (sulfide) groups is 1. The van der Waals surface area contributed by atoms with Gasteiger partial charge in [-0.1, -0.05) is 102 Å². The summed E-state index contributed by atoms with van der Waals surface area (Å²) in [6.07, 6.45) is 0. The van der Waals surface area contributed by atoms with Gasteiger partial charge in [-0.15, -0.1) is 10.2 Å². The van der Waals surface area contributed by atoms with Crippen LogP contribution >= 0.6 is 23.4 Å². The second-order valence-corrected chi connectivity index (χ2v) is 9.92. The number of nitrogens with zero attached hydrogens (tertiary/aromatic N) is 3. The number of aromatic nitrogens is 3. The average molecular weight is 540 g/mol. The molecule has 0 bridgehead atoms. The summed E-state index contributed by atoms with van der Waals surface area (Å²) in [7, 11) is 0. The second kappa shape index (κ2) is 12.4. The number of carbonyl (C=O) groups is 1. The molecule has 6 nitrogen and oxygen atoms in total. The molecule has 0 aliphatic heterocycles. The lowest BCUT2D eigenvalue weighted by atomic mass is 9.99. The molecular formula is C30H26ClN5OS. The molecule has 8 heteroatoms. The van der Waals surface area contributed by atoms with Gasteiger partial charge in [0.1, 0.15) is 0 Å². The first-order valence-corrected chi connectivity index (χ1v) is 13.5. The van der Waals surface area contributed by atoms with E-state index in [0.717, 1.165) is 28.3 Å². The molecule has 2 N–H and O–H groups in total. The van der Waals surface area contributed by atoms with Gasteiger partial charge in [0.15, 0.2) is 11.0 Å². The van der Waals surface area contributed by atoms with Crippen molar-refractivity contribution in [3.63, 3.8) is 0 Å². The van der Waals surface area contributed by atoms with Crippen LogP contribution in [0.2, 0.25) is 5.02 Å². The maximum Gasteiger partial charge on any atom is 0.231 e. The van der Waals surface area contributed by atoms with E-state index in [1.807, 2.05) is 120 Å². The van der Waals surface area contributed by atoms with Crippen LogP contribution in [0.5, 0.6) is 0 Å². The molecule has 0 unspecified atom stereocenters. The van der Waals surface area contributed by atoms with E-state index >= 15 is 0 Å². The number of amides is 1. The highest BCUT2D eigenvalue weighted by Gasteiger charge is 2.19. The van der Waals surface area contributed by atoms with Gasteiger partial charge in [0.2, 0.25) is 5.91 Å². The third-order valence-corrected chi connectivity index (χ3v) is 7.09. The minimum Gasteiger partial charge on any atom is -0.378 e. The quantitative estimate of drug-likeness (QED) is 0.197. The molecular weight excluding hydrogens is 514 g/mol. The van der Waals surface area contributed by atoms with Crippen LogP contribution in [0.15, 0.2) is 120 Å². The summed E-state index contributed by atoms with van der Waals surface area (Å²) in [5.74, 6) is 0.850. The zero-order valence-corrected chi connectivity index (χ0v) is 22.1. The van der Waals surface area contributed by atoms with Gasteiger partial charge in [0, 0.05) is 16.4 Å². The molecule has 0 fully saturated rings. The smallest absolute Gasteiger partial charge is 0.231 e. The number of rotatable bonds is 10. The van der Waals surface area contributed by atoms with Crippen LogP contribution in [0.1, 0.15) is 23.0 Å². The highest BCUT2D eigenvalue weighted by atomic mass is 35.5. The lowest BCUT2D eigenvalue weighted by Gasteiger charge is -2.20. The molecule has 190 valence electrons. The van der Waals surface area contributed by atoms with Crippen LogP contribution in [0, 0.1) is 0 Å². The normalized spacial score (nSPS) is 10.9. The second-order valence-electron chi connectivity index (χ2n) is 8.54. The van der Waals surface area contributed by atoms with Gasteiger partial charge in [-0.2, -0.15) is 0 Å². The van der Waals surface area contributed by atoms with Gasteiger partial charge in [-0.25, -0.2) is 0 Å². The van der Waals surface area contributed by atoms with Crippen LogP contribution in [-0.2, 0) is 11.3 Å². The molecule has 0 saturated heterocycles. The van der Waals surface area contributed by atoms with Crippen molar-refractivity contribution < 1.29 is 4.79 Å². The van der Waals surface area contributed by atoms with Crippen LogP contribution < -0.4 is 10.6 Å². The van der Waals surface area contributed by atoms with Crippen molar-refractivity contribution in [1.29, 1.82) is 0 Å². The third-order valence-electron chi connectivity index (χ3n) is 5.91. The van der Waals surface area contributed by atoms with Crippen LogP contribution in [0.3, 0.4) is 0 Å². The highest BCUT2D eigenvalue weighted by molar-refractivity contribution is 7.99. The summed E-state index contributed by atoms with van der Waals surface area (Å²) in [6, 6.07) is 37.1. The van der Waals surface area contributed by atoms with Crippen LogP contribution in [0.4, 0.5) is 5.69 Å². The molecule has 0 spiro atoms. The summed E-state index contributed by atoms with van der Waals surface area (Å²) in [6.45, 7) is 0.459. The number of para-hydroxylation sites is 1. The van der Waals surface area contributed by atoms with E-state index < -0.39 is 0 Å². The van der Waals surface area contributed by atoms with Gasteiger partial charge in [0.25, 0.3) is 0 Å². The van der Waals surface area contributed by atoms with Crippen molar-refractivity contribution in [1.82, 2.24) is 20.1 Å². The predicted molar refractivity (Wildman–Crippen MR) is 154 cm³/mol. The van der Waals surface area contributed by atoms with Crippen molar-refractivity contribution in [2.75, 3.05) is 11.1 Å². The van der Waals surface area contributed by atoms with E-state index in [4.69, 9.17) is 11.6 Å².